The van der Waals surface area contributed by atoms with Crippen LogP contribution in [0.1, 0.15) is 13.3 Å². The molecule has 0 aliphatic rings. The van der Waals surface area contributed by atoms with E-state index in [1.54, 1.807) is 31.2 Å². The number of carbonyl (C=O) groups excluding carboxylic acids is 2. The fraction of sp³-hybridized carbons (Fsp3) is 0.385. The van der Waals surface area contributed by atoms with E-state index < -0.39 is 18.1 Å². The molecule has 0 fully saturated rings. The summed E-state index contributed by atoms with van der Waals surface area (Å²) in [7, 11) is 0. The molecule has 104 valence electrons. The summed E-state index contributed by atoms with van der Waals surface area (Å²) in [6.07, 6.45) is -0.586. The number of nitrogens with two attached hydrogens (primary N) is 1. The predicted octanol–water partition coefficient (Wildman–Crippen LogP) is 1.52. The molecule has 6 heteroatoms. The summed E-state index contributed by atoms with van der Waals surface area (Å²) >= 11 is 0. The average molecular weight is 266 g/mol. The summed E-state index contributed by atoms with van der Waals surface area (Å²) in [4.78, 5) is 22.6. The fourth-order valence-electron chi connectivity index (χ4n) is 1.35. The summed E-state index contributed by atoms with van der Waals surface area (Å²) in [5.41, 5.74) is 6.27. The molecule has 0 radical (unpaired) electrons. The van der Waals surface area contributed by atoms with Gasteiger partial charge >= 0.3 is 12.1 Å². The highest BCUT2D eigenvalue weighted by Crippen LogP contribution is 2.05. The van der Waals surface area contributed by atoms with Crippen molar-refractivity contribution in [3.05, 3.63) is 30.3 Å². The monoisotopic (exact) mass is 266 g/mol. The lowest BCUT2D eigenvalue weighted by Crippen LogP contribution is -2.32. The first kappa shape index (κ1) is 15.0. The van der Waals surface area contributed by atoms with Crippen molar-refractivity contribution in [3.63, 3.8) is 0 Å². The topological polar surface area (TPSA) is 90.7 Å². The second-order valence-electron chi connectivity index (χ2n) is 3.86. The van der Waals surface area contributed by atoms with Crippen LogP contribution in [0.3, 0.4) is 0 Å². The van der Waals surface area contributed by atoms with Crippen LogP contribution in [-0.4, -0.2) is 31.3 Å². The average Bonchev–Trinajstić information content (AvgIpc) is 2.38. The Labute approximate surface area is 111 Å². The summed E-state index contributed by atoms with van der Waals surface area (Å²) in [5.74, 6) is -0.401. The molecule has 0 aliphatic carbocycles. The van der Waals surface area contributed by atoms with E-state index in [-0.39, 0.29) is 13.0 Å². The molecule has 0 aromatic heterocycles. The third kappa shape index (κ3) is 6.42. The van der Waals surface area contributed by atoms with Gasteiger partial charge < -0.3 is 15.2 Å². The molecule has 1 amide bonds. The molecule has 6 nitrogen and oxygen atoms in total. The number of benzene rings is 1. The Hall–Kier alpha value is -2.08. The van der Waals surface area contributed by atoms with Gasteiger partial charge in [0.05, 0.1) is 13.0 Å². The zero-order valence-electron chi connectivity index (χ0n) is 10.8. The van der Waals surface area contributed by atoms with Crippen molar-refractivity contribution in [2.45, 2.75) is 19.4 Å². The SMILES string of the molecule is CCOC(=O)CC(N)COC(=O)Nc1ccccc1. The first-order valence-electron chi connectivity index (χ1n) is 6.02. The summed E-state index contributed by atoms with van der Waals surface area (Å²) in [5, 5.41) is 2.54. The summed E-state index contributed by atoms with van der Waals surface area (Å²) < 4.78 is 9.64. The highest BCUT2D eigenvalue weighted by Gasteiger charge is 2.12. The van der Waals surface area contributed by atoms with Gasteiger partial charge in [0.1, 0.15) is 6.61 Å². The van der Waals surface area contributed by atoms with Crippen LogP contribution in [-0.2, 0) is 14.3 Å². The maximum Gasteiger partial charge on any atom is 0.411 e. The molecule has 0 saturated carbocycles. The molecule has 0 aliphatic heterocycles. The molecule has 1 unspecified atom stereocenters. The van der Waals surface area contributed by atoms with Crippen LogP contribution in [0.25, 0.3) is 0 Å². The van der Waals surface area contributed by atoms with Gasteiger partial charge in [-0.05, 0) is 19.1 Å². The normalized spacial score (nSPS) is 11.5. The van der Waals surface area contributed by atoms with E-state index in [9.17, 15) is 9.59 Å². The van der Waals surface area contributed by atoms with E-state index in [1.165, 1.54) is 0 Å². The van der Waals surface area contributed by atoms with Crippen LogP contribution < -0.4 is 11.1 Å². The third-order valence-electron chi connectivity index (χ3n) is 2.18. The zero-order valence-corrected chi connectivity index (χ0v) is 10.8. The van der Waals surface area contributed by atoms with Crippen LogP contribution in [0.5, 0.6) is 0 Å². The molecule has 1 atom stereocenters. The Morgan fingerprint density at radius 3 is 2.58 bits per heavy atom. The second kappa shape index (κ2) is 8.10. The number of para-hydroxylation sites is 1. The molecule has 0 bridgehead atoms. The highest BCUT2D eigenvalue weighted by atomic mass is 16.6. The lowest BCUT2D eigenvalue weighted by Gasteiger charge is -2.12. The smallest absolute Gasteiger partial charge is 0.411 e. The first-order valence-corrected chi connectivity index (χ1v) is 6.02. The van der Waals surface area contributed by atoms with Crippen molar-refractivity contribution in [1.82, 2.24) is 0 Å². The molecule has 0 heterocycles. The zero-order chi connectivity index (χ0) is 14.1. The van der Waals surface area contributed by atoms with Gasteiger partial charge in [0.15, 0.2) is 0 Å². The number of carbonyl (C=O) groups is 2. The summed E-state index contributed by atoms with van der Waals surface area (Å²) in [6.45, 7) is 1.98. The number of hydrogen-bond donors (Lipinski definition) is 2. The van der Waals surface area contributed by atoms with Gasteiger partial charge in [0, 0.05) is 11.7 Å². The van der Waals surface area contributed by atoms with Crippen LogP contribution >= 0.6 is 0 Å². The van der Waals surface area contributed by atoms with E-state index >= 15 is 0 Å². The number of ether oxygens (including phenoxy) is 2. The van der Waals surface area contributed by atoms with Gasteiger partial charge in [-0.1, -0.05) is 18.2 Å². The molecule has 0 spiro atoms. The second-order valence-corrected chi connectivity index (χ2v) is 3.86. The fourth-order valence-corrected chi connectivity index (χ4v) is 1.35. The maximum atomic E-state index is 11.4. The van der Waals surface area contributed by atoms with Gasteiger partial charge in [-0.2, -0.15) is 0 Å². The largest absolute Gasteiger partial charge is 0.466 e. The maximum absolute atomic E-state index is 11.4. The predicted molar refractivity (Wildman–Crippen MR) is 70.6 cm³/mol. The number of esters is 1. The minimum Gasteiger partial charge on any atom is -0.466 e. The standard InChI is InChI=1S/C13H18N2O4/c1-2-18-12(16)8-10(14)9-19-13(17)15-11-6-4-3-5-7-11/h3-7,10H,2,8-9,14H2,1H3,(H,15,17). The van der Waals surface area contributed by atoms with Crippen molar-refractivity contribution in [2.75, 3.05) is 18.5 Å². The van der Waals surface area contributed by atoms with Crippen LogP contribution in [0.15, 0.2) is 30.3 Å². The van der Waals surface area contributed by atoms with Crippen molar-refractivity contribution in [2.24, 2.45) is 5.73 Å². The van der Waals surface area contributed by atoms with Crippen LogP contribution in [0.4, 0.5) is 10.5 Å². The minimum atomic E-state index is -0.606. The Bertz CT molecular complexity index is 408. The highest BCUT2D eigenvalue weighted by molar-refractivity contribution is 5.84. The van der Waals surface area contributed by atoms with Gasteiger partial charge in [0.25, 0.3) is 0 Å². The lowest BCUT2D eigenvalue weighted by molar-refractivity contribution is -0.143. The number of nitrogens with one attached hydrogen (secondary N) is 1. The van der Waals surface area contributed by atoms with Gasteiger partial charge in [-0.3, -0.25) is 10.1 Å². The Morgan fingerprint density at radius 2 is 1.95 bits per heavy atom. The number of amides is 1. The number of anilines is 1. The molecule has 1 aromatic carbocycles. The van der Waals surface area contributed by atoms with Gasteiger partial charge in [0.2, 0.25) is 0 Å². The molecule has 1 aromatic rings. The Balaban J connectivity index is 2.24. The molecular weight excluding hydrogens is 248 g/mol. The molecule has 0 saturated heterocycles. The van der Waals surface area contributed by atoms with Crippen molar-refractivity contribution >= 4 is 17.7 Å². The van der Waals surface area contributed by atoms with E-state index in [0.717, 1.165) is 0 Å². The van der Waals surface area contributed by atoms with E-state index in [4.69, 9.17) is 15.2 Å². The summed E-state index contributed by atoms with van der Waals surface area (Å²) in [6, 6.07) is 8.33. The van der Waals surface area contributed by atoms with E-state index in [0.29, 0.717) is 12.3 Å². The third-order valence-corrected chi connectivity index (χ3v) is 2.18. The van der Waals surface area contributed by atoms with Crippen molar-refractivity contribution in [1.29, 1.82) is 0 Å². The Kier molecular flexibility index (Phi) is 6.38. The van der Waals surface area contributed by atoms with E-state index in [2.05, 4.69) is 5.32 Å². The van der Waals surface area contributed by atoms with Crippen molar-refractivity contribution in [3.8, 4) is 0 Å². The van der Waals surface area contributed by atoms with Crippen molar-refractivity contribution < 1.29 is 19.1 Å². The molecular formula is C13H18N2O4. The van der Waals surface area contributed by atoms with E-state index in [1.807, 2.05) is 6.07 Å². The van der Waals surface area contributed by atoms with Gasteiger partial charge in [-0.25, -0.2) is 4.79 Å². The molecule has 3 N–H and O–H groups in total. The minimum absolute atomic E-state index is 0.0203. The molecule has 1 rings (SSSR count). The van der Waals surface area contributed by atoms with Crippen LogP contribution in [0.2, 0.25) is 0 Å². The first-order chi connectivity index (χ1) is 9.11. The van der Waals surface area contributed by atoms with Crippen LogP contribution in [0, 0.1) is 0 Å². The quantitative estimate of drug-likeness (QED) is 0.762. The van der Waals surface area contributed by atoms with Gasteiger partial charge in [-0.15, -0.1) is 0 Å². The lowest BCUT2D eigenvalue weighted by atomic mass is 10.2. The molecule has 19 heavy (non-hydrogen) atoms. The number of hydrogen-bond acceptors (Lipinski definition) is 5. The number of rotatable bonds is 6. The Morgan fingerprint density at radius 1 is 1.26 bits per heavy atom.